The van der Waals surface area contributed by atoms with Gasteiger partial charge in [-0.3, -0.25) is 0 Å². The number of allylic oxidation sites excluding steroid dienone is 2. The molecule has 0 aliphatic carbocycles. The first-order valence-electron chi connectivity index (χ1n) is 7.78. The topological polar surface area (TPSA) is 0 Å². The van der Waals surface area contributed by atoms with Crippen molar-refractivity contribution in [3.8, 4) is 0 Å². The van der Waals surface area contributed by atoms with E-state index in [9.17, 15) is 0 Å². The Kier molecular flexibility index (Phi) is 5.77. The van der Waals surface area contributed by atoms with Crippen molar-refractivity contribution >= 4 is 19.7 Å². The smallest absolute Gasteiger partial charge is 0.0781 e. The van der Waals surface area contributed by atoms with Crippen molar-refractivity contribution in [2.75, 3.05) is 0 Å². The van der Waals surface area contributed by atoms with Gasteiger partial charge in [-0.15, -0.1) is 5.73 Å². The Bertz CT molecular complexity index is 667. The Morgan fingerprint density at radius 2 is 1.50 bits per heavy atom. The molecule has 0 spiro atoms. The van der Waals surface area contributed by atoms with Crippen molar-refractivity contribution in [2.45, 2.75) is 26.1 Å². The van der Waals surface area contributed by atoms with Gasteiger partial charge in [-0.2, -0.15) is 0 Å². The van der Waals surface area contributed by atoms with E-state index in [0.717, 1.165) is 6.42 Å². The van der Waals surface area contributed by atoms with Crippen LogP contribution in [0.2, 0.25) is 19.6 Å². The SMILES string of the molecule is C[Si](C)(C)C=C=CCC(=Cc1ccccc1)c1ccccc1. The molecule has 0 saturated carbocycles. The predicted octanol–water partition coefficient (Wildman–Crippen LogP) is 6.21. The molecular weight excluding hydrogens is 280 g/mol. The van der Waals surface area contributed by atoms with E-state index >= 15 is 0 Å². The molecule has 2 aromatic rings. The molecule has 0 aliphatic rings. The molecule has 0 nitrogen and oxygen atoms in total. The number of rotatable bonds is 5. The molecule has 2 rings (SSSR count). The van der Waals surface area contributed by atoms with Crippen LogP contribution in [0.5, 0.6) is 0 Å². The molecule has 0 N–H and O–H groups in total. The normalized spacial score (nSPS) is 11.7. The summed E-state index contributed by atoms with van der Waals surface area (Å²) in [6.07, 6.45) is 5.32. The van der Waals surface area contributed by atoms with Crippen molar-refractivity contribution < 1.29 is 0 Å². The molecule has 2 aromatic carbocycles. The lowest BCUT2D eigenvalue weighted by molar-refractivity contribution is 1.40. The lowest BCUT2D eigenvalue weighted by Gasteiger charge is -2.06. The van der Waals surface area contributed by atoms with Crippen LogP contribution in [0.3, 0.4) is 0 Å². The molecule has 0 atom stereocenters. The van der Waals surface area contributed by atoms with Crippen LogP contribution in [0.25, 0.3) is 11.6 Å². The van der Waals surface area contributed by atoms with E-state index in [4.69, 9.17) is 0 Å². The number of hydrogen-bond donors (Lipinski definition) is 0. The first-order valence-corrected chi connectivity index (χ1v) is 11.4. The third-order valence-electron chi connectivity index (χ3n) is 3.24. The second-order valence-electron chi connectivity index (χ2n) is 6.53. The van der Waals surface area contributed by atoms with E-state index in [1.165, 1.54) is 16.7 Å². The van der Waals surface area contributed by atoms with Gasteiger partial charge in [-0.05, 0) is 29.2 Å². The summed E-state index contributed by atoms with van der Waals surface area (Å²) in [5.41, 5.74) is 9.48. The maximum absolute atomic E-state index is 3.38. The van der Waals surface area contributed by atoms with Crippen LogP contribution in [0, 0.1) is 0 Å². The number of hydrogen-bond acceptors (Lipinski definition) is 0. The van der Waals surface area contributed by atoms with Gasteiger partial charge < -0.3 is 0 Å². The summed E-state index contributed by atoms with van der Waals surface area (Å²) in [5, 5.41) is 0. The third kappa shape index (κ3) is 5.73. The average Bonchev–Trinajstić information content (AvgIpc) is 2.51. The van der Waals surface area contributed by atoms with Gasteiger partial charge >= 0.3 is 0 Å². The fraction of sp³-hybridized carbons (Fsp3) is 0.190. The minimum Gasteiger partial charge on any atom is -0.134 e. The summed E-state index contributed by atoms with van der Waals surface area (Å²) >= 11 is 0. The zero-order valence-corrected chi connectivity index (χ0v) is 14.7. The minimum absolute atomic E-state index is 0.903. The molecule has 0 aliphatic heterocycles. The molecule has 0 radical (unpaired) electrons. The van der Waals surface area contributed by atoms with Crippen LogP contribution >= 0.6 is 0 Å². The average molecular weight is 305 g/mol. The van der Waals surface area contributed by atoms with Crippen LogP contribution in [0.4, 0.5) is 0 Å². The van der Waals surface area contributed by atoms with Gasteiger partial charge in [0.1, 0.15) is 0 Å². The highest BCUT2D eigenvalue weighted by Gasteiger charge is 2.06. The van der Waals surface area contributed by atoms with Gasteiger partial charge in [0, 0.05) is 0 Å². The molecule has 0 saturated heterocycles. The summed E-state index contributed by atoms with van der Waals surface area (Å²) < 4.78 is 0. The van der Waals surface area contributed by atoms with Crippen LogP contribution < -0.4 is 0 Å². The standard InChI is InChI=1S/C21H24Si/c1-22(2,3)17-11-10-16-21(20-14-8-5-9-15-20)18-19-12-6-4-7-13-19/h4-10,12-15,17-18H,16H2,1-3H3. The fourth-order valence-electron chi connectivity index (χ4n) is 2.14. The molecule has 0 amide bonds. The van der Waals surface area contributed by atoms with Crippen LogP contribution in [0.15, 0.2) is 78.2 Å². The fourth-order valence-corrected chi connectivity index (χ4v) is 2.76. The molecule has 0 aromatic heterocycles. The molecule has 1 heteroatoms. The Morgan fingerprint density at radius 1 is 0.909 bits per heavy atom. The Labute approximate surface area is 135 Å². The van der Waals surface area contributed by atoms with Crippen LogP contribution in [-0.2, 0) is 0 Å². The van der Waals surface area contributed by atoms with E-state index in [-0.39, 0.29) is 0 Å². The second kappa shape index (κ2) is 7.79. The zero-order valence-electron chi connectivity index (χ0n) is 13.7. The highest BCUT2D eigenvalue weighted by Crippen LogP contribution is 2.22. The van der Waals surface area contributed by atoms with E-state index in [2.05, 4.69) is 104 Å². The van der Waals surface area contributed by atoms with Crippen molar-refractivity contribution in [1.29, 1.82) is 0 Å². The van der Waals surface area contributed by atoms with Gasteiger partial charge in [0.25, 0.3) is 0 Å². The summed E-state index contributed by atoms with van der Waals surface area (Å²) in [5.74, 6) is 0. The Hall–Kier alpha value is -2.08. The predicted molar refractivity (Wildman–Crippen MR) is 101 cm³/mol. The lowest BCUT2D eigenvalue weighted by atomic mass is 10.00. The van der Waals surface area contributed by atoms with Crippen LogP contribution in [0.1, 0.15) is 17.5 Å². The van der Waals surface area contributed by atoms with Crippen LogP contribution in [-0.4, -0.2) is 8.07 Å². The van der Waals surface area contributed by atoms with Gasteiger partial charge in [0.2, 0.25) is 0 Å². The Morgan fingerprint density at radius 3 is 2.09 bits per heavy atom. The molecule has 112 valence electrons. The molecule has 0 fully saturated rings. The number of benzene rings is 2. The van der Waals surface area contributed by atoms with Crippen molar-refractivity contribution in [2.24, 2.45) is 0 Å². The summed E-state index contributed by atoms with van der Waals surface area (Å²) in [6, 6.07) is 21.1. The quantitative estimate of drug-likeness (QED) is 0.350. The molecule has 22 heavy (non-hydrogen) atoms. The maximum atomic E-state index is 3.38. The van der Waals surface area contributed by atoms with E-state index in [1.54, 1.807) is 0 Å². The summed E-state index contributed by atoms with van der Waals surface area (Å²) in [7, 11) is -1.17. The summed E-state index contributed by atoms with van der Waals surface area (Å²) in [4.78, 5) is 0. The first kappa shape index (κ1) is 16.3. The van der Waals surface area contributed by atoms with E-state index < -0.39 is 8.07 Å². The van der Waals surface area contributed by atoms with Crippen molar-refractivity contribution in [3.63, 3.8) is 0 Å². The van der Waals surface area contributed by atoms with E-state index in [0.29, 0.717) is 0 Å². The lowest BCUT2D eigenvalue weighted by Crippen LogP contribution is -2.14. The van der Waals surface area contributed by atoms with Gasteiger partial charge in [0.15, 0.2) is 0 Å². The monoisotopic (exact) mass is 304 g/mol. The molecule has 0 unspecified atom stereocenters. The molecule has 0 heterocycles. The van der Waals surface area contributed by atoms with Gasteiger partial charge in [0.05, 0.1) is 8.07 Å². The van der Waals surface area contributed by atoms with E-state index in [1.807, 2.05) is 0 Å². The largest absolute Gasteiger partial charge is 0.134 e. The second-order valence-corrected chi connectivity index (χ2v) is 11.6. The molecular formula is C21H24Si. The van der Waals surface area contributed by atoms with Gasteiger partial charge in [-0.25, -0.2) is 0 Å². The van der Waals surface area contributed by atoms with Gasteiger partial charge in [-0.1, -0.05) is 92.1 Å². The summed E-state index contributed by atoms with van der Waals surface area (Å²) in [6.45, 7) is 6.98. The molecule has 0 bridgehead atoms. The highest BCUT2D eigenvalue weighted by molar-refractivity contribution is 6.80. The van der Waals surface area contributed by atoms with Crippen molar-refractivity contribution in [3.05, 3.63) is 89.3 Å². The first-order chi connectivity index (χ1) is 10.5. The highest BCUT2D eigenvalue weighted by atomic mass is 28.3. The minimum atomic E-state index is -1.17. The third-order valence-corrected chi connectivity index (χ3v) is 4.27. The Balaban J connectivity index is 2.28. The zero-order chi connectivity index (χ0) is 15.8. The van der Waals surface area contributed by atoms with Crippen molar-refractivity contribution in [1.82, 2.24) is 0 Å². The maximum Gasteiger partial charge on any atom is 0.0781 e.